The van der Waals surface area contributed by atoms with Crippen molar-refractivity contribution in [2.75, 3.05) is 0 Å². The summed E-state index contributed by atoms with van der Waals surface area (Å²) >= 11 is 1.88. The van der Waals surface area contributed by atoms with Crippen LogP contribution in [0.3, 0.4) is 0 Å². The Morgan fingerprint density at radius 1 is 0.731 bits per heavy atom. The summed E-state index contributed by atoms with van der Waals surface area (Å²) in [7, 11) is 2.68. The maximum absolute atomic E-state index is 2.68. The van der Waals surface area contributed by atoms with Gasteiger partial charge in [-0.25, -0.2) is 0 Å². The molecule has 4 rings (SSSR count). The van der Waals surface area contributed by atoms with Gasteiger partial charge < -0.3 is 0 Å². The van der Waals surface area contributed by atoms with Crippen LogP contribution in [0.1, 0.15) is 27.8 Å². The normalized spacial score (nSPS) is 12.1. The third-order valence-electron chi connectivity index (χ3n) is 4.82. The summed E-state index contributed by atoms with van der Waals surface area (Å²) in [5.41, 5.74) is 6.43. The number of hydrogen-bond acceptors (Lipinski definition) is 1. The molecule has 26 heavy (non-hydrogen) atoms. The van der Waals surface area contributed by atoms with E-state index in [2.05, 4.69) is 89.8 Å². The van der Waals surface area contributed by atoms with Crippen molar-refractivity contribution < 1.29 is 0 Å². The van der Waals surface area contributed by atoms with Gasteiger partial charge in [0.2, 0.25) is 0 Å². The highest BCUT2D eigenvalue weighted by molar-refractivity contribution is 7.25. The summed E-state index contributed by atoms with van der Waals surface area (Å²) in [4.78, 5) is 0. The van der Waals surface area contributed by atoms with E-state index in [0.29, 0.717) is 0 Å². The van der Waals surface area contributed by atoms with Gasteiger partial charge in [0, 0.05) is 20.2 Å². The van der Waals surface area contributed by atoms with Crippen molar-refractivity contribution >= 4 is 59.0 Å². The molecular formula is C24H21PS. The Morgan fingerprint density at radius 3 is 2.15 bits per heavy atom. The number of rotatable bonds is 3. The molecule has 0 fully saturated rings. The second-order valence-corrected chi connectivity index (χ2v) is 8.08. The molecule has 1 atom stereocenters. The van der Waals surface area contributed by atoms with Crippen molar-refractivity contribution in [2.45, 2.75) is 13.8 Å². The summed E-state index contributed by atoms with van der Waals surface area (Å²) in [6.07, 6.45) is 6.57. The highest BCUT2D eigenvalue weighted by Gasteiger charge is 2.09. The minimum atomic E-state index is 1.22. The third kappa shape index (κ3) is 3.26. The van der Waals surface area contributed by atoms with Gasteiger partial charge >= 0.3 is 0 Å². The van der Waals surface area contributed by atoms with E-state index in [1.54, 1.807) is 0 Å². The molecule has 0 bridgehead atoms. The zero-order valence-corrected chi connectivity index (χ0v) is 17.0. The Kier molecular flexibility index (Phi) is 4.76. The first-order valence-electron chi connectivity index (χ1n) is 8.74. The van der Waals surface area contributed by atoms with E-state index in [1.165, 1.54) is 48.0 Å². The van der Waals surface area contributed by atoms with Crippen LogP contribution >= 0.6 is 20.6 Å². The monoisotopic (exact) mass is 372 g/mol. The molecule has 1 heterocycles. The SMILES string of the molecule is Cc1cc2sc3cc(/C=C/c4ccccc4)c(/C=C/P)cc3c2cc1C. The van der Waals surface area contributed by atoms with Crippen LogP contribution in [-0.4, -0.2) is 0 Å². The molecule has 0 nitrogen and oxygen atoms in total. The van der Waals surface area contributed by atoms with E-state index >= 15 is 0 Å². The van der Waals surface area contributed by atoms with Crippen LogP contribution in [0.25, 0.3) is 38.4 Å². The molecule has 1 unspecified atom stereocenters. The molecule has 1 aromatic heterocycles. The fourth-order valence-electron chi connectivity index (χ4n) is 3.25. The molecule has 0 spiro atoms. The first-order valence-corrected chi connectivity index (χ1v) is 10.2. The van der Waals surface area contributed by atoms with Crippen LogP contribution in [0.4, 0.5) is 0 Å². The Morgan fingerprint density at radius 2 is 1.38 bits per heavy atom. The third-order valence-corrected chi connectivity index (χ3v) is 6.13. The quantitative estimate of drug-likeness (QED) is 0.255. The average molecular weight is 372 g/mol. The standard InChI is InChI=1S/C24H21PS/c1-16-12-21-22-14-20(10-11-25)19(9-8-18-6-4-3-5-7-18)15-24(22)26-23(21)13-17(16)2/h3-15H,25H2,1-2H3/b9-8+,11-10+. The summed E-state index contributed by atoms with van der Waals surface area (Å²) in [5.74, 6) is 2.03. The van der Waals surface area contributed by atoms with Gasteiger partial charge in [0.1, 0.15) is 0 Å². The Bertz CT molecular complexity index is 1150. The van der Waals surface area contributed by atoms with Crippen molar-refractivity contribution in [1.82, 2.24) is 0 Å². The van der Waals surface area contributed by atoms with Crippen LogP contribution < -0.4 is 0 Å². The fourth-order valence-corrected chi connectivity index (χ4v) is 4.68. The van der Waals surface area contributed by atoms with Gasteiger partial charge in [-0.2, -0.15) is 0 Å². The Balaban J connectivity index is 1.91. The van der Waals surface area contributed by atoms with Gasteiger partial charge in [0.25, 0.3) is 0 Å². The van der Waals surface area contributed by atoms with Gasteiger partial charge in [-0.1, -0.05) is 54.4 Å². The maximum Gasteiger partial charge on any atom is 0.0361 e. The van der Waals surface area contributed by atoms with Crippen LogP contribution in [0.5, 0.6) is 0 Å². The van der Waals surface area contributed by atoms with E-state index < -0.39 is 0 Å². The van der Waals surface area contributed by atoms with Crippen molar-refractivity contribution in [2.24, 2.45) is 0 Å². The summed E-state index contributed by atoms with van der Waals surface area (Å²) < 4.78 is 2.71. The van der Waals surface area contributed by atoms with Crippen molar-refractivity contribution in [3.05, 3.63) is 88.2 Å². The summed E-state index contributed by atoms with van der Waals surface area (Å²) in [5, 5.41) is 2.72. The van der Waals surface area contributed by atoms with Crippen LogP contribution in [-0.2, 0) is 0 Å². The first-order chi connectivity index (χ1) is 12.7. The lowest BCUT2D eigenvalue weighted by Crippen LogP contribution is -1.82. The Labute approximate surface area is 161 Å². The Hall–Kier alpha value is -2.21. The fraction of sp³-hybridized carbons (Fsp3) is 0.0833. The smallest absolute Gasteiger partial charge is 0.0361 e. The van der Waals surface area contributed by atoms with Crippen molar-refractivity contribution in [1.29, 1.82) is 0 Å². The molecular weight excluding hydrogens is 351 g/mol. The topological polar surface area (TPSA) is 0 Å². The minimum Gasteiger partial charge on any atom is -0.135 e. The van der Waals surface area contributed by atoms with E-state index in [1.807, 2.05) is 23.2 Å². The van der Waals surface area contributed by atoms with Gasteiger partial charge in [-0.15, -0.1) is 20.6 Å². The largest absolute Gasteiger partial charge is 0.135 e. The van der Waals surface area contributed by atoms with Gasteiger partial charge in [-0.3, -0.25) is 0 Å². The summed E-state index contributed by atoms with van der Waals surface area (Å²) in [6, 6.07) is 19.8. The highest BCUT2D eigenvalue weighted by atomic mass is 32.1. The molecule has 128 valence electrons. The van der Waals surface area contributed by atoms with Crippen LogP contribution in [0.2, 0.25) is 0 Å². The van der Waals surface area contributed by atoms with Crippen LogP contribution in [0, 0.1) is 13.8 Å². The molecule has 2 heteroatoms. The molecule has 4 aromatic rings. The van der Waals surface area contributed by atoms with Crippen molar-refractivity contribution in [3.63, 3.8) is 0 Å². The first kappa shape index (κ1) is 17.2. The van der Waals surface area contributed by atoms with Gasteiger partial charge in [-0.05, 0) is 65.9 Å². The summed E-state index contributed by atoms with van der Waals surface area (Å²) in [6.45, 7) is 4.38. The molecule has 0 aliphatic carbocycles. The average Bonchev–Trinajstić information content (AvgIpc) is 2.97. The molecule has 0 aliphatic heterocycles. The van der Waals surface area contributed by atoms with Crippen LogP contribution in [0.15, 0.2) is 60.4 Å². The molecule has 3 aromatic carbocycles. The lowest BCUT2D eigenvalue weighted by atomic mass is 10.0. The molecule has 0 N–H and O–H groups in total. The molecule has 0 aliphatic rings. The van der Waals surface area contributed by atoms with Gasteiger partial charge in [0.15, 0.2) is 0 Å². The number of aryl methyl sites for hydroxylation is 2. The highest BCUT2D eigenvalue weighted by Crippen LogP contribution is 2.37. The zero-order valence-electron chi connectivity index (χ0n) is 15.0. The van der Waals surface area contributed by atoms with Crippen molar-refractivity contribution in [3.8, 4) is 0 Å². The van der Waals surface area contributed by atoms with E-state index in [-0.39, 0.29) is 0 Å². The second-order valence-electron chi connectivity index (χ2n) is 6.62. The predicted octanol–water partition coefficient (Wildman–Crippen LogP) is 7.69. The molecule has 0 saturated carbocycles. The van der Waals surface area contributed by atoms with E-state index in [0.717, 1.165) is 0 Å². The minimum absolute atomic E-state index is 1.22. The molecule has 0 saturated heterocycles. The number of hydrogen-bond donors (Lipinski definition) is 0. The number of benzene rings is 3. The van der Waals surface area contributed by atoms with Gasteiger partial charge in [0.05, 0.1) is 0 Å². The lowest BCUT2D eigenvalue weighted by Gasteiger charge is -2.04. The predicted molar refractivity (Wildman–Crippen MR) is 123 cm³/mol. The lowest BCUT2D eigenvalue weighted by molar-refractivity contribution is 1.37. The molecule has 0 radical (unpaired) electrons. The maximum atomic E-state index is 2.68. The second kappa shape index (κ2) is 7.19. The van der Waals surface area contributed by atoms with E-state index in [9.17, 15) is 0 Å². The zero-order chi connectivity index (χ0) is 18.1. The molecule has 0 amide bonds. The van der Waals surface area contributed by atoms with E-state index in [4.69, 9.17) is 0 Å². The number of thiophene rings is 1. The number of fused-ring (bicyclic) bond motifs is 3.